The molecule has 106 valence electrons. The first kappa shape index (κ1) is 15.4. The molecular formula is C14H22N2O3. The number of rotatable bonds is 6. The van der Waals surface area contributed by atoms with Crippen LogP contribution in [0.15, 0.2) is 18.2 Å². The van der Waals surface area contributed by atoms with E-state index in [1.807, 2.05) is 33.8 Å². The molecule has 0 aliphatic heterocycles. The quantitative estimate of drug-likeness (QED) is 0.629. The van der Waals surface area contributed by atoms with Gasteiger partial charge in [-0.25, -0.2) is 0 Å². The Balaban J connectivity index is 2.86. The van der Waals surface area contributed by atoms with E-state index in [0.29, 0.717) is 12.3 Å². The number of hydrogen-bond acceptors (Lipinski definition) is 4. The van der Waals surface area contributed by atoms with E-state index in [1.165, 1.54) is 0 Å². The van der Waals surface area contributed by atoms with E-state index in [0.717, 1.165) is 18.5 Å². The van der Waals surface area contributed by atoms with Crippen molar-refractivity contribution >= 4 is 11.4 Å². The predicted octanol–water partition coefficient (Wildman–Crippen LogP) is 3.73. The summed E-state index contributed by atoms with van der Waals surface area (Å²) in [6, 6.07) is 5.18. The van der Waals surface area contributed by atoms with Gasteiger partial charge >= 0.3 is 0 Å². The molecule has 0 heterocycles. The van der Waals surface area contributed by atoms with Gasteiger partial charge in [0.25, 0.3) is 5.69 Å². The molecule has 0 fully saturated rings. The van der Waals surface area contributed by atoms with Crippen LogP contribution >= 0.6 is 0 Å². The average molecular weight is 266 g/mol. The first-order chi connectivity index (χ1) is 8.83. The lowest BCUT2D eigenvalue weighted by atomic mass is 10.1. The molecule has 0 amide bonds. The van der Waals surface area contributed by atoms with Gasteiger partial charge in [-0.2, -0.15) is 0 Å². The van der Waals surface area contributed by atoms with Crippen molar-refractivity contribution in [1.29, 1.82) is 0 Å². The molecule has 0 atom stereocenters. The SMILES string of the molecule is CCCNc1ccc(COC(C)(C)C)cc1[N+](=O)[O-]. The summed E-state index contributed by atoms with van der Waals surface area (Å²) in [5.41, 5.74) is 1.21. The molecule has 0 saturated carbocycles. The second kappa shape index (κ2) is 6.52. The van der Waals surface area contributed by atoms with Crippen molar-refractivity contribution in [2.45, 2.75) is 46.3 Å². The fraction of sp³-hybridized carbons (Fsp3) is 0.571. The van der Waals surface area contributed by atoms with Crippen molar-refractivity contribution in [2.24, 2.45) is 0 Å². The maximum absolute atomic E-state index is 11.1. The third-order valence-electron chi connectivity index (χ3n) is 2.50. The third-order valence-corrected chi connectivity index (χ3v) is 2.50. The zero-order valence-electron chi connectivity index (χ0n) is 12.0. The van der Waals surface area contributed by atoms with Crippen LogP contribution in [0.3, 0.4) is 0 Å². The third kappa shape index (κ3) is 5.26. The van der Waals surface area contributed by atoms with Crippen LogP contribution in [0, 0.1) is 10.1 Å². The molecule has 19 heavy (non-hydrogen) atoms. The highest BCUT2D eigenvalue weighted by molar-refractivity contribution is 5.62. The number of benzene rings is 1. The van der Waals surface area contributed by atoms with Crippen molar-refractivity contribution in [3.05, 3.63) is 33.9 Å². The molecule has 1 N–H and O–H groups in total. The maximum Gasteiger partial charge on any atom is 0.292 e. The van der Waals surface area contributed by atoms with E-state index < -0.39 is 0 Å². The van der Waals surface area contributed by atoms with Crippen molar-refractivity contribution < 1.29 is 9.66 Å². The molecule has 0 aromatic heterocycles. The minimum Gasteiger partial charge on any atom is -0.380 e. The van der Waals surface area contributed by atoms with Crippen LogP contribution in [0.5, 0.6) is 0 Å². The normalized spacial score (nSPS) is 11.4. The molecule has 0 aliphatic rings. The zero-order valence-corrected chi connectivity index (χ0v) is 12.0. The van der Waals surface area contributed by atoms with E-state index in [9.17, 15) is 10.1 Å². The summed E-state index contributed by atoms with van der Waals surface area (Å²) in [6.07, 6.45) is 0.923. The van der Waals surface area contributed by atoms with E-state index in [-0.39, 0.29) is 16.2 Å². The Morgan fingerprint density at radius 1 is 1.37 bits per heavy atom. The van der Waals surface area contributed by atoms with Gasteiger partial charge in [0.15, 0.2) is 0 Å². The van der Waals surface area contributed by atoms with Crippen LogP contribution < -0.4 is 5.32 Å². The zero-order chi connectivity index (χ0) is 14.5. The lowest BCUT2D eigenvalue weighted by Gasteiger charge is -2.19. The highest BCUT2D eigenvalue weighted by Gasteiger charge is 2.16. The minimum absolute atomic E-state index is 0.100. The highest BCUT2D eigenvalue weighted by Crippen LogP contribution is 2.26. The van der Waals surface area contributed by atoms with Gasteiger partial charge in [0, 0.05) is 12.6 Å². The first-order valence-electron chi connectivity index (χ1n) is 6.48. The first-order valence-corrected chi connectivity index (χ1v) is 6.48. The monoisotopic (exact) mass is 266 g/mol. The van der Waals surface area contributed by atoms with Gasteiger partial charge in [0.1, 0.15) is 5.69 Å². The number of anilines is 1. The molecule has 5 heteroatoms. The fourth-order valence-electron chi connectivity index (χ4n) is 1.53. The summed E-state index contributed by atoms with van der Waals surface area (Å²) in [5.74, 6) is 0. The van der Waals surface area contributed by atoms with Crippen LogP contribution in [0.1, 0.15) is 39.7 Å². The predicted molar refractivity (Wildman–Crippen MR) is 76.4 cm³/mol. The number of nitrogens with zero attached hydrogens (tertiary/aromatic N) is 1. The summed E-state index contributed by atoms with van der Waals surface area (Å²) in [7, 11) is 0. The standard InChI is InChI=1S/C14H22N2O3/c1-5-8-15-12-7-6-11(9-13(12)16(17)18)10-19-14(2,3)4/h6-7,9,15H,5,8,10H2,1-4H3. The lowest BCUT2D eigenvalue weighted by molar-refractivity contribution is -0.384. The summed E-state index contributed by atoms with van der Waals surface area (Å²) in [5, 5.41) is 14.1. The summed E-state index contributed by atoms with van der Waals surface area (Å²) in [6.45, 7) is 8.98. The summed E-state index contributed by atoms with van der Waals surface area (Å²) in [4.78, 5) is 10.7. The second-order valence-electron chi connectivity index (χ2n) is 5.44. The van der Waals surface area contributed by atoms with Gasteiger partial charge in [0.05, 0.1) is 17.1 Å². The van der Waals surface area contributed by atoms with Crippen molar-refractivity contribution in [3.63, 3.8) is 0 Å². The molecule has 0 bridgehead atoms. The molecule has 0 spiro atoms. The van der Waals surface area contributed by atoms with Gasteiger partial charge in [-0.1, -0.05) is 13.0 Å². The van der Waals surface area contributed by atoms with Crippen LogP contribution in [-0.2, 0) is 11.3 Å². The average Bonchev–Trinajstić information content (AvgIpc) is 2.33. The Kier molecular flexibility index (Phi) is 5.30. The van der Waals surface area contributed by atoms with Gasteiger partial charge in [-0.05, 0) is 38.8 Å². The van der Waals surface area contributed by atoms with Crippen LogP contribution in [0.2, 0.25) is 0 Å². The van der Waals surface area contributed by atoms with Gasteiger partial charge in [-0.15, -0.1) is 0 Å². The van der Waals surface area contributed by atoms with Crippen LogP contribution in [-0.4, -0.2) is 17.1 Å². The summed E-state index contributed by atoms with van der Waals surface area (Å²) < 4.78 is 5.63. The smallest absolute Gasteiger partial charge is 0.292 e. The van der Waals surface area contributed by atoms with Gasteiger partial charge in [-0.3, -0.25) is 10.1 Å². The Hall–Kier alpha value is -1.62. The number of hydrogen-bond donors (Lipinski definition) is 1. The second-order valence-corrected chi connectivity index (χ2v) is 5.44. The fourth-order valence-corrected chi connectivity index (χ4v) is 1.53. The number of ether oxygens (including phenoxy) is 1. The van der Waals surface area contributed by atoms with E-state index in [4.69, 9.17) is 4.74 Å². The van der Waals surface area contributed by atoms with Crippen LogP contribution in [0.25, 0.3) is 0 Å². The van der Waals surface area contributed by atoms with Crippen molar-refractivity contribution in [1.82, 2.24) is 0 Å². The Morgan fingerprint density at radius 2 is 2.05 bits per heavy atom. The molecule has 0 aliphatic carbocycles. The Labute approximate surface area is 114 Å². The summed E-state index contributed by atoms with van der Waals surface area (Å²) >= 11 is 0. The Morgan fingerprint density at radius 3 is 2.58 bits per heavy atom. The molecule has 0 unspecified atom stereocenters. The largest absolute Gasteiger partial charge is 0.380 e. The molecule has 5 nitrogen and oxygen atoms in total. The molecule has 1 aromatic carbocycles. The molecule has 1 aromatic rings. The molecule has 0 saturated heterocycles. The van der Waals surface area contributed by atoms with E-state index >= 15 is 0 Å². The molecule has 1 rings (SSSR count). The topological polar surface area (TPSA) is 64.4 Å². The van der Waals surface area contributed by atoms with Gasteiger partial charge in [0.2, 0.25) is 0 Å². The molecule has 0 radical (unpaired) electrons. The van der Waals surface area contributed by atoms with Gasteiger partial charge < -0.3 is 10.1 Å². The Bertz CT molecular complexity index is 439. The number of nitrogens with one attached hydrogen (secondary N) is 1. The number of nitro benzene ring substituents is 1. The minimum atomic E-state index is -0.363. The highest BCUT2D eigenvalue weighted by atomic mass is 16.6. The van der Waals surface area contributed by atoms with Crippen molar-refractivity contribution in [3.8, 4) is 0 Å². The lowest BCUT2D eigenvalue weighted by Crippen LogP contribution is -2.18. The van der Waals surface area contributed by atoms with Crippen LogP contribution in [0.4, 0.5) is 11.4 Å². The van der Waals surface area contributed by atoms with Crippen molar-refractivity contribution in [2.75, 3.05) is 11.9 Å². The van der Waals surface area contributed by atoms with E-state index in [2.05, 4.69) is 5.32 Å². The molecular weight excluding hydrogens is 244 g/mol. The van der Waals surface area contributed by atoms with E-state index in [1.54, 1.807) is 12.1 Å². The number of nitro groups is 1. The maximum atomic E-state index is 11.1.